The number of anilines is 1. The summed E-state index contributed by atoms with van der Waals surface area (Å²) < 4.78 is 0. The number of rotatable bonds is 5. The van der Waals surface area contributed by atoms with Gasteiger partial charge in [-0.25, -0.2) is 4.99 Å². The van der Waals surface area contributed by atoms with Crippen molar-refractivity contribution in [1.29, 1.82) is 0 Å². The maximum atomic E-state index is 12.1. The summed E-state index contributed by atoms with van der Waals surface area (Å²) in [5.74, 6) is 0.689. The Bertz CT molecular complexity index is 742. The Morgan fingerprint density at radius 1 is 1.08 bits per heavy atom. The monoisotopic (exact) mass is 336 g/mol. The van der Waals surface area contributed by atoms with Gasteiger partial charge in [-0.3, -0.25) is 4.79 Å². The number of hydrogen-bond acceptors (Lipinski definition) is 2. The lowest BCUT2D eigenvalue weighted by Crippen LogP contribution is -2.41. The third-order valence-electron chi connectivity index (χ3n) is 4.18. The molecule has 0 saturated heterocycles. The van der Waals surface area contributed by atoms with Crippen LogP contribution in [0.4, 0.5) is 5.69 Å². The fourth-order valence-electron chi connectivity index (χ4n) is 2.95. The largest absolute Gasteiger partial charge is 0.356 e. The molecule has 1 aliphatic heterocycles. The molecular weight excluding hydrogens is 312 g/mol. The minimum absolute atomic E-state index is 0.0771. The number of nitrogens with one attached hydrogen (secondary N) is 2. The Kier molecular flexibility index (Phi) is 5.67. The average molecular weight is 336 g/mol. The van der Waals surface area contributed by atoms with Crippen molar-refractivity contribution in [2.75, 3.05) is 24.5 Å². The molecule has 5 nitrogen and oxygen atoms in total. The van der Waals surface area contributed by atoms with E-state index in [2.05, 4.69) is 38.7 Å². The van der Waals surface area contributed by atoms with Gasteiger partial charge in [-0.1, -0.05) is 48.5 Å². The van der Waals surface area contributed by atoms with Crippen LogP contribution in [0.15, 0.2) is 59.6 Å². The van der Waals surface area contributed by atoms with Crippen LogP contribution < -0.4 is 15.5 Å². The van der Waals surface area contributed by atoms with Gasteiger partial charge in [-0.15, -0.1) is 0 Å². The van der Waals surface area contributed by atoms with Gasteiger partial charge in [0, 0.05) is 25.3 Å². The van der Waals surface area contributed by atoms with Crippen LogP contribution in [0.2, 0.25) is 0 Å². The minimum Gasteiger partial charge on any atom is -0.356 e. The molecule has 2 N–H and O–H groups in total. The Morgan fingerprint density at radius 3 is 2.64 bits per heavy atom. The number of fused-ring (bicyclic) bond motifs is 1. The summed E-state index contributed by atoms with van der Waals surface area (Å²) in [6.45, 7) is 4.33. The number of hydrogen-bond donors (Lipinski definition) is 2. The number of carbonyl (C=O) groups excluding carboxylic acids is 1. The zero-order valence-electron chi connectivity index (χ0n) is 14.5. The van der Waals surface area contributed by atoms with Crippen LogP contribution in [0, 0.1) is 0 Å². The molecule has 0 atom stereocenters. The molecule has 130 valence electrons. The molecule has 1 amide bonds. The quantitative estimate of drug-likeness (QED) is 0.651. The van der Waals surface area contributed by atoms with E-state index < -0.39 is 0 Å². The number of carbonyl (C=O) groups is 1. The molecule has 0 fully saturated rings. The summed E-state index contributed by atoms with van der Waals surface area (Å²) in [5, 5.41) is 6.20. The predicted molar refractivity (Wildman–Crippen MR) is 102 cm³/mol. The molecule has 25 heavy (non-hydrogen) atoms. The first-order valence-corrected chi connectivity index (χ1v) is 8.72. The SMILES string of the molecule is CCNC(=NCC(=O)NCc1ccccc1)N1CCc2ccccc21. The molecule has 0 spiro atoms. The Morgan fingerprint density at radius 2 is 1.84 bits per heavy atom. The van der Waals surface area contributed by atoms with E-state index in [1.54, 1.807) is 0 Å². The first-order chi connectivity index (χ1) is 12.3. The molecule has 0 aromatic heterocycles. The predicted octanol–water partition coefficient (Wildman–Crippen LogP) is 2.33. The van der Waals surface area contributed by atoms with Gasteiger partial charge in [-0.05, 0) is 30.5 Å². The molecule has 3 rings (SSSR count). The van der Waals surface area contributed by atoms with E-state index in [4.69, 9.17) is 0 Å². The van der Waals surface area contributed by atoms with E-state index in [9.17, 15) is 4.79 Å². The van der Waals surface area contributed by atoms with Crippen molar-refractivity contribution < 1.29 is 4.79 Å². The molecule has 2 aromatic carbocycles. The van der Waals surface area contributed by atoms with Crippen LogP contribution in [0.25, 0.3) is 0 Å². The zero-order valence-corrected chi connectivity index (χ0v) is 14.5. The van der Waals surface area contributed by atoms with Gasteiger partial charge in [0.15, 0.2) is 5.96 Å². The maximum absolute atomic E-state index is 12.1. The van der Waals surface area contributed by atoms with E-state index in [0.29, 0.717) is 6.54 Å². The van der Waals surface area contributed by atoms with Gasteiger partial charge in [-0.2, -0.15) is 0 Å². The highest BCUT2D eigenvalue weighted by atomic mass is 16.1. The summed E-state index contributed by atoms with van der Waals surface area (Å²) in [7, 11) is 0. The van der Waals surface area contributed by atoms with Crippen LogP contribution in [-0.4, -0.2) is 31.5 Å². The van der Waals surface area contributed by atoms with Crippen molar-refractivity contribution in [3.63, 3.8) is 0 Å². The van der Waals surface area contributed by atoms with Gasteiger partial charge >= 0.3 is 0 Å². The Hall–Kier alpha value is -2.82. The lowest BCUT2D eigenvalue weighted by Gasteiger charge is -2.22. The highest BCUT2D eigenvalue weighted by molar-refractivity contribution is 5.99. The number of amides is 1. The van der Waals surface area contributed by atoms with Crippen LogP contribution in [0.1, 0.15) is 18.1 Å². The van der Waals surface area contributed by atoms with Gasteiger partial charge in [0.2, 0.25) is 5.91 Å². The third-order valence-corrected chi connectivity index (χ3v) is 4.18. The van der Waals surface area contributed by atoms with E-state index in [1.165, 1.54) is 11.3 Å². The van der Waals surface area contributed by atoms with Crippen molar-refractivity contribution in [3.8, 4) is 0 Å². The Labute approximate surface area is 148 Å². The maximum Gasteiger partial charge on any atom is 0.242 e. The second-order valence-corrected chi connectivity index (χ2v) is 5.96. The summed E-state index contributed by atoms with van der Waals surface area (Å²) in [6, 6.07) is 18.2. The lowest BCUT2D eigenvalue weighted by atomic mass is 10.2. The van der Waals surface area contributed by atoms with E-state index in [1.807, 2.05) is 43.3 Å². The summed E-state index contributed by atoms with van der Waals surface area (Å²) in [6.07, 6.45) is 1.00. The van der Waals surface area contributed by atoms with Gasteiger partial charge in [0.1, 0.15) is 6.54 Å². The zero-order chi connectivity index (χ0) is 17.5. The van der Waals surface area contributed by atoms with Crippen molar-refractivity contribution in [2.24, 2.45) is 4.99 Å². The molecule has 0 saturated carbocycles. The summed E-state index contributed by atoms with van der Waals surface area (Å²) in [5.41, 5.74) is 3.58. The molecule has 5 heteroatoms. The topological polar surface area (TPSA) is 56.7 Å². The smallest absolute Gasteiger partial charge is 0.242 e. The van der Waals surface area contributed by atoms with E-state index in [-0.39, 0.29) is 12.5 Å². The molecule has 1 aliphatic rings. The van der Waals surface area contributed by atoms with Crippen LogP contribution >= 0.6 is 0 Å². The number of para-hydroxylation sites is 1. The highest BCUT2D eigenvalue weighted by Gasteiger charge is 2.22. The first-order valence-electron chi connectivity index (χ1n) is 8.72. The number of benzene rings is 2. The summed E-state index contributed by atoms with van der Waals surface area (Å²) in [4.78, 5) is 18.8. The summed E-state index contributed by atoms with van der Waals surface area (Å²) >= 11 is 0. The molecule has 0 bridgehead atoms. The Balaban J connectivity index is 1.62. The molecule has 0 aliphatic carbocycles. The van der Waals surface area contributed by atoms with Gasteiger partial charge in [0.05, 0.1) is 0 Å². The van der Waals surface area contributed by atoms with Crippen molar-refractivity contribution >= 4 is 17.6 Å². The second kappa shape index (κ2) is 8.33. The van der Waals surface area contributed by atoms with Crippen molar-refractivity contribution in [3.05, 3.63) is 65.7 Å². The number of aliphatic imine (C=N–C) groups is 1. The van der Waals surface area contributed by atoms with Gasteiger partial charge < -0.3 is 15.5 Å². The van der Waals surface area contributed by atoms with E-state index in [0.717, 1.165) is 31.0 Å². The lowest BCUT2D eigenvalue weighted by molar-refractivity contribution is -0.119. The molecular formula is C20H24N4O. The van der Waals surface area contributed by atoms with Gasteiger partial charge in [0.25, 0.3) is 0 Å². The van der Waals surface area contributed by atoms with Crippen LogP contribution in [0.5, 0.6) is 0 Å². The molecule has 0 radical (unpaired) electrons. The number of nitrogens with zero attached hydrogens (tertiary/aromatic N) is 2. The first kappa shape index (κ1) is 17.0. The normalized spacial score (nSPS) is 13.5. The minimum atomic E-state index is -0.0771. The van der Waals surface area contributed by atoms with Crippen LogP contribution in [-0.2, 0) is 17.8 Å². The second-order valence-electron chi connectivity index (χ2n) is 5.96. The fraction of sp³-hybridized carbons (Fsp3) is 0.300. The van der Waals surface area contributed by atoms with E-state index >= 15 is 0 Å². The standard InChI is InChI=1S/C20H24N4O/c1-2-21-20(24-13-12-17-10-6-7-11-18(17)24)23-15-19(25)22-14-16-8-4-3-5-9-16/h3-11H,2,12-15H2,1H3,(H,21,23)(H,22,25). The van der Waals surface area contributed by atoms with Crippen molar-refractivity contribution in [1.82, 2.24) is 10.6 Å². The number of guanidine groups is 1. The molecule has 0 unspecified atom stereocenters. The molecule has 2 aromatic rings. The van der Waals surface area contributed by atoms with Crippen molar-refractivity contribution in [2.45, 2.75) is 19.9 Å². The van der Waals surface area contributed by atoms with Crippen LogP contribution in [0.3, 0.4) is 0 Å². The third kappa shape index (κ3) is 4.38. The average Bonchev–Trinajstić information content (AvgIpc) is 3.08. The highest BCUT2D eigenvalue weighted by Crippen LogP contribution is 2.27. The molecule has 1 heterocycles. The fourth-order valence-corrected chi connectivity index (χ4v) is 2.95.